The molecule has 4 aromatic heterocycles. The summed E-state index contributed by atoms with van der Waals surface area (Å²) in [5.74, 6) is -2.00. The number of pyridine rings is 2. The van der Waals surface area contributed by atoms with Gasteiger partial charge < -0.3 is 72.1 Å². The number of carbonyl (C=O) groups is 2. The number of sulfonamides is 2. The number of nitrogens with two attached hydrogens (primary N) is 2. The minimum absolute atomic E-state index is 0. The van der Waals surface area contributed by atoms with Gasteiger partial charge in [0.05, 0.1) is 122 Å². The van der Waals surface area contributed by atoms with Crippen LogP contribution < -0.4 is 193 Å². The number of nitrogens with zero attached hydrogens (tertiary/aromatic N) is 10. The first-order valence-electron chi connectivity index (χ1n) is 39.0. The van der Waals surface area contributed by atoms with E-state index in [9.17, 15) is 62.9 Å². The molecule has 0 amide bonds. The van der Waals surface area contributed by atoms with E-state index in [1.807, 2.05) is 0 Å². The van der Waals surface area contributed by atoms with Crippen molar-refractivity contribution in [2.45, 2.75) is 100 Å². The molecule has 12 aromatic rings. The van der Waals surface area contributed by atoms with Gasteiger partial charge in [-0.2, -0.15) is 38.6 Å². The molecule has 4 aliphatic carbocycles. The van der Waals surface area contributed by atoms with E-state index in [-0.39, 0.29) is 345 Å². The fourth-order valence-electron chi connectivity index (χ4n) is 17.8. The van der Waals surface area contributed by atoms with Gasteiger partial charge in [-0.25, -0.2) is 43.7 Å². The molecule has 6 heterocycles. The van der Waals surface area contributed by atoms with Gasteiger partial charge in [-0.15, -0.1) is 0 Å². The number of hydrogen-bond acceptors (Lipinski definition) is 38. The van der Waals surface area contributed by atoms with Crippen molar-refractivity contribution in [2.24, 2.45) is 47.8 Å². The molecule has 6 aliphatic rings. The summed E-state index contributed by atoms with van der Waals surface area (Å²) < 4.78 is 152. The first kappa shape index (κ1) is 98.1. The van der Waals surface area contributed by atoms with Crippen molar-refractivity contribution >= 4 is 191 Å². The molecule has 2 fully saturated rings. The molecule has 0 spiro atoms. The molecule has 18 rings (SSSR count). The predicted octanol–water partition coefficient (Wildman–Crippen LogP) is -3.13. The number of ketones is 2. The van der Waals surface area contributed by atoms with Gasteiger partial charge >= 0.3 is 118 Å². The summed E-state index contributed by atoms with van der Waals surface area (Å²) in [4.78, 5) is 92.5. The number of nitrogen functional groups attached to an aromatic ring is 2. The normalized spacial score (nSPS) is 18.3. The molecule has 0 saturated heterocycles. The number of rotatable bonds is 24. The van der Waals surface area contributed by atoms with E-state index in [2.05, 4.69) is 114 Å². The SMILES string of the molecule is CC1CC(CC2CCC(Nc3nc(N)nc(Nc4cc(Nc5ccc6c7c5C(=O)c5ccccc5-c7c(C5=Nc7ccccc7S(=O)(=O)N5)c(=O)n6C)c(SOO[O-])cc4S(=O)(=O)[O-])n3)C(C)C2)CCC1Nc1nc(N)nc(Nc2cc(Nc3ccc4c5c3C(=O)c3ccccc3-c5c(C3=Nc5ccccc5S(=O)(=O)N3)c(=O)n4C)c(S(=O)(=O)[O-])cc2SOO[O-])n1.[Na+].[Na+].[Na+].[Na+]. The van der Waals surface area contributed by atoms with Crippen molar-refractivity contribution in [1.29, 1.82) is 0 Å². The van der Waals surface area contributed by atoms with E-state index in [4.69, 9.17) is 11.5 Å². The van der Waals surface area contributed by atoms with Gasteiger partial charge in [0.1, 0.15) is 30.0 Å². The number of aryl methyl sites for hydroxylation is 2. The molecule has 12 N–H and O–H groups in total. The fraction of sp³-hybridized carbons (Fsp3) is 0.210. The van der Waals surface area contributed by atoms with E-state index in [1.54, 1.807) is 48.5 Å². The van der Waals surface area contributed by atoms with Gasteiger partial charge in [-0.1, -0.05) is 86.6 Å². The fourth-order valence-corrected chi connectivity index (χ4v) is 22.5. The summed E-state index contributed by atoms with van der Waals surface area (Å²) >= 11 is 0.453. The van der Waals surface area contributed by atoms with Crippen LogP contribution >= 0.6 is 24.1 Å². The standard InChI is InChI=1S/C81H72N20O20S6.4Na/c1-36-29-38(21-23-44(36)88-78-92-76(82)94-80(96-78)90-51-33-52(60(126(112,113)114)35-57(51)123-121-119-107)85-49-26-28-55-67-63(41-14-6-8-16-43(41)71(103)65(49)67)69(75(105)101(55)4)73-87-47-18-10-12-20-59(47)125(110,111)99-73)31-39-22-24-45(37(2)30-39)89-79-93-77(83)95-81(97-79)91-53-32-50(56(122-120-118-106)34-61(53)127(115,116)117)84-48-25-27-54-66-62(40-13-5-7-15-42(40)70(102)64(48)66)68(74(104)100(54)3)72-86-46-17-9-11-19-58(46)124(108,109)98-72;;;;/h5-20,25-28,32-39,44-45,84-85,106-107H,21-24,29-31H2,1-4H3,(H,86,98)(H,87,99)(H,112,113,114)(H,115,116,117)(H4,82,88,90,92,94,96)(H4,83,89,91,93,95,97);;;;/q;4*+1/p-4. The maximum absolute atomic E-state index is 15.0. The van der Waals surface area contributed by atoms with Crippen LogP contribution in [-0.2, 0) is 73.1 Å². The van der Waals surface area contributed by atoms with Crippen molar-refractivity contribution < 1.29 is 200 Å². The molecule has 8 aromatic carbocycles. The monoisotopic (exact) mass is 1920 g/mol. The molecule has 40 nitrogen and oxygen atoms in total. The third kappa shape index (κ3) is 18.9. The number of aliphatic imine (C=N–C) groups is 2. The topological polar surface area (TPSA) is 594 Å². The minimum atomic E-state index is -5.46. The van der Waals surface area contributed by atoms with Gasteiger partial charge in [0.25, 0.3) is 31.2 Å². The van der Waals surface area contributed by atoms with E-state index < -0.39 is 84.1 Å². The average Bonchev–Trinajstić information content (AvgIpc) is 0.705. The van der Waals surface area contributed by atoms with Crippen molar-refractivity contribution in [3.63, 3.8) is 0 Å². The molecule has 6 atom stereocenters. The zero-order chi connectivity index (χ0) is 89.2. The molecular formula is C81H68N20Na4O20S6. The molecule has 0 bridgehead atoms. The molecule has 2 aliphatic heterocycles. The van der Waals surface area contributed by atoms with Crippen molar-refractivity contribution in [3.8, 4) is 22.3 Å². The zero-order valence-corrected chi connectivity index (χ0v) is 83.4. The molecule has 50 heteroatoms. The van der Waals surface area contributed by atoms with Crippen molar-refractivity contribution in [1.82, 2.24) is 48.5 Å². The largest absolute Gasteiger partial charge is 1.00 e. The summed E-state index contributed by atoms with van der Waals surface area (Å²) in [6.45, 7) is 4.20. The molecule has 6 unspecified atom stereocenters. The number of nitrogens with one attached hydrogen (secondary N) is 8. The Hall–Kier alpha value is -8.94. The number of anilines is 12. The Labute approximate surface area is 842 Å². The summed E-state index contributed by atoms with van der Waals surface area (Å²) in [5, 5.41) is 49.1. The van der Waals surface area contributed by atoms with Crippen LogP contribution in [-0.4, -0.2) is 117 Å². The van der Waals surface area contributed by atoms with Crippen molar-refractivity contribution in [2.75, 3.05) is 43.4 Å². The number of amidine groups is 2. The van der Waals surface area contributed by atoms with E-state index >= 15 is 9.59 Å². The summed E-state index contributed by atoms with van der Waals surface area (Å²) in [6.07, 6.45) is 5.53. The first-order valence-corrected chi connectivity index (χ1v) is 46.2. The maximum Gasteiger partial charge on any atom is 1.00 e. The Morgan fingerprint density at radius 1 is 0.458 bits per heavy atom. The molecule has 0 radical (unpaired) electrons. The van der Waals surface area contributed by atoms with Crippen LogP contribution in [0.3, 0.4) is 0 Å². The molecule has 131 heavy (non-hydrogen) atoms. The van der Waals surface area contributed by atoms with Gasteiger partial charge in [0, 0.05) is 59.2 Å². The second kappa shape index (κ2) is 38.8. The summed E-state index contributed by atoms with van der Waals surface area (Å²) in [6, 6.07) is 34.3. The predicted molar refractivity (Wildman–Crippen MR) is 461 cm³/mol. The van der Waals surface area contributed by atoms with Crippen LogP contribution in [0.2, 0.25) is 0 Å². The quantitative estimate of drug-likeness (QED) is 0.00940. The minimum Gasteiger partial charge on any atom is -0.744 e. The van der Waals surface area contributed by atoms with Crippen molar-refractivity contribution in [3.05, 3.63) is 200 Å². The second-order valence-electron chi connectivity index (χ2n) is 31.1. The number of hydrogen-bond donors (Lipinski definition) is 10. The van der Waals surface area contributed by atoms with Gasteiger partial charge in [-0.05, 0) is 153 Å². The number of benzene rings is 8. The summed E-state index contributed by atoms with van der Waals surface area (Å²) in [7, 11) is -16.6. The second-order valence-corrected chi connectivity index (χ2v) is 38.6. The average molecular weight is 1930 g/mol. The van der Waals surface area contributed by atoms with Crippen LogP contribution in [0.4, 0.5) is 81.2 Å². The van der Waals surface area contributed by atoms with Gasteiger partial charge in [0.2, 0.25) is 35.7 Å². The van der Waals surface area contributed by atoms with Gasteiger partial charge in [-0.3, -0.25) is 38.7 Å². The number of aromatic nitrogens is 8. The van der Waals surface area contributed by atoms with E-state index in [0.717, 1.165) is 50.3 Å². The van der Waals surface area contributed by atoms with Gasteiger partial charge in [0.15, 0.2) is 23.2 Å². The smallest absolute Gasteiger partial charge is 0.744 e. The molecule has 2 saturated carbocycles. The summed E-state index contributed by atoms with van der Waals surface area (Å²) in [5.41, 5.74) is 11.4. The first-order chi connectivity index (χ1) is 60.7. The number of para-hydroxylation sites is 2. The third-order valence-electron chi connectivity index (χ3n) is 23.4. The van der Waals surface area contributed by atoms with Crippen LogP contribution in [0.1, 0.15) is 102 Å². The Bertz CT molecular complexity index is 7460. The number of carbonyl (C=O) groups excluding carboxylic acids is 2. The van der Waals surface area contributed by atoms with Crippen LogP contribution in [0.15, 0.2) is 195 Å². The van der Waals surface area contributed by atoms with E-state index in [1.165, 1.54) is 102 Å². The molecule has 652 valence electrons. The Balaban J connectivity index is 0.00000346. The van der Waals surface area contributed by atoms with E-state index in [0.29, 0.717) is 24.7 Å². The zero-order valence-electron chi connectivity index (χ0n) is 70.5. The third-order valence-corrected chi connectivity index (χ3v) is 29.2. The Kier molecular flexibility index (Phi) is 29.0. The maximum atomic E-state index is 15.0. The Morgan fingerprint density at radius 2 is 0.824 bits per heavy atom. The van der Waals surface area contributed by atoms with Crippen LogP contribution in [0, 0.1) is 23.7 Å². The van der Waals surface area contributed by atoms with Crippen LogP contribution in [0.25, 0.3) is 44.1 Å². The molecular weight excluding hydrogens is 1860 g/mol. The van der Waals surface area contributed by atoms with Crippen LogP contribution in [0.5, 0.6) is 0 Å². The Morgan fingerprint density at radius 3 is 1.23 bits per heavy atom. The number of fused-ring (bicyclic) bond motifs is 6.